The highest BCUT2D eigenvalue weighted by atomic mass is 16.6. The monoisotopic (exact) mass is 246 g/mol. The van der Waals surface area contributed by atoms with Gasteiger partial charge in [-0.25, -0.2) is 0 Å². The third-order valence-electron chi connectivity index (χ3n) is 2.74. The predicted octanol–water partition coefficient (Wildman–Crippen LogP) is 1.72. The molecule has 0 unspecified atom stereocenters. The molecule has 5 nitrogen and oxygen atoms in total. The zero-order chi connectivity index (χ0) is 13.0. The van der Waals surface area contributed by atoms with Crippen molar-refractivity contribution < 1.29 is 14.3 Å². The Balaban J connectivity index is 2.13. The van der Waals surface area contributed by atoms with Gasteiger partial charge >= 0.3 is 0 Å². The first kappa shape index (κ1) is 12.2. The summed E-state index contributed by atoms with van der Waals surface area (Å²) in [6.07, 6.45) is 0.454. The Labute approximate surface area is 106 Å². The lowest BCUT2D eigenvalue weighted by atomic mass is 10.2. The Kier molecular flexibility index (Phi) is 3.68. The minimum absolute atomic E-state index is 0.0896. The molecule has 1 amide bonds. The van der Waals surface area contributed by atoms with Gasteiger partial charge in [0.25, 0.3) is 0 Å². The summed E-state index contributed by atoms with van der Waals surface area (Å²) in [6, 6.07) is 7.33. The van der Waals surface area contributed by atoms with E-state index in [9.17, 15) is 4.79 Å². The zero-order valence-corrected chi connectivity index (χ0v) is 10.2. The van der Waals surface area contributed by atoms with Crippen molar-refractivity contribution in [2.75, 3.05) is 25.2 Å². The van der Waals surface area contributed by atoms with E-state index in [2.05, 4.69) is 0 Å². The minimum Gasteiger partial charge on any atom is -0.486 e. The number of hydrogen-bond donors (Lipinski definition) is 0. The van der Waals surface area contributed by atoms with E-state index in [1.165, 1.54) is 4.90 Å². The van der Waals surface area contributed by atoms with Crippen molar-refractivity contribution in [1.82, 2.24) is 0 Å². The first-order valence-corrected chi connectivity index (χ1v) is 5.75. The van der Waals surface area contributed by atoms with Gasteiger partial charge < -0.3 is 14.4 Å². The van der Waals surface area contributed by atoms with Crippen molar-refractivity contribution in [1.29, 1.82) is 5.26 Å². The largest absolute Gasteiger partial charge is 0.486 e. The molecule has 1 aliphatic rings. The Morgan fingerprint density at radius 3 is 2.83 bits per heavy atom. The van der Waals surface area contributed by atoms with Crippen molar-refractivity contribution in [2.45, 2.75) is 12.8 Å². The molecule has 1 heterocycles. The van der Waals surface area contributed by atoms with Gasteiger partial charge in [0.05, 0.1) is 6.07 Å². The van der Waals surface area contributed by atoms with E-state index < -0.39 is 0 Å². The molecule has 0 saturated heterocycles. The molecule has 1 aromatic carbocycles. The van der Waals surface area contributed by atoms with Crippen LogP contribution in [0.2, 0.25) is 0 Å². The molecule has 0 radical (unpaired) electrons. The fourth-order valence-electron chi connectivity index (χ4n) is 1.72. The predicted molar refractivity (Wildman–Crippen MR) is 65.7 cm³/mol. The molecule has 0 N–H and O–H groups in total. The molecule has 0 spiro atoms. The van der Waals surface area contributed by atoms with Crippen molar-refractivity contribution in [3.63, 3.8) is 0 Å². The molecule has 0 saturated carbocycles. The number of rotatable bonds is 3. The Bertz CT molecular complexity index is 493. The highest BCUT2D eigenvalue weighted by Crippen LogP contribution is 2.33. The van der Waals surface area contributed by atoms with Crippen LogP contribution in [-0.2, 0) is 4.79 Å². The number of nitrogens with zero attached hydrogens (tertiary/aromatic N) is 2. The molecule has 1 aliphatic heterocycles. The lowest BCUT2D eigenvalue weighted by molar-refractivity contribution is -0.118. The van der Waals surface area contributed by atoms with Gasteiger partial charge in [-0.3, -0.25) is 4.79 Å². The van der Waals surface area contributed by atoms with E-state index in [0.29, 0.717) is 24.7 Å². The molecule has 0 aliphatic carbocycles. The van der Waals surface area contributed by atoms with E-state index >= 15 is 0 Å². The number of hydrogen-bond acceptors (Lipinski definition) is 4. The SMILES string of the molecule is CN(C(=O)CCC#N)c1ccc2c(c1)OCCO2. The number of benzene rings is 1. The van der Waals surface area contributed by atoms with Crippen LogP contribution in [-0.4, -0.2) is 26.2 Å². The lowest BCUT2D eigenvalue weighted by Gasteiger charge is -2.22. The Hall–Kier alpha value is -2.22. The molecule has 18 heavy (non-hydrogen) atoms. The lowest BCUT2D eigenvalue weighted by Crippen LogP contribution is -2.26. The summed E-state index contributed by atoms with van der Waals surface area (Å²) in [5.74, 6) is 1.26. The first-order chi connectivity index (χ1) is 8.72. The molecular formula is C13H14N2O3. The number of anilines is 1. The van der Waals surface area contributed by atoms with Gasteiger partial charge in [0, 0.05) is 31.6 Å². The number of nitriles is 1. The summed E-state index contributed by atoms with van der Waals surface area (Å²) in [4.78, 5) is 13.3. The summed E-state index contributed by atoms with van der Waals surface area (Å²) in [5.41, 5.74) is 0.738. The van der Waals surface area contributed by atoms with E-state index in [1.54, 1.807) is 25.2 Å². The summed E-state index contributed by atoms with van der Waals surface area (Å²) >= 11 is 0. The second-order valence-corrected chi connectivity index (χ2v) is 3.94. The second-order valence-electron chi connectivity index (χ2n) is 3.94. The van der Waals surface area contributed by atoms with Crippen LogP contribution in [0.15, 0.2) is 18.2 Å². The number of ether oxygens (including phenoxy) is 2. The topological polar surface area (TPSA) is 62.6 Å². The maximum atomic E-state index is 11.8. The van der Waals surface area contributed by atoms with Crippen molar-refractivity contribution in [2.24, 2.45) is 0 Å². The quantitative estimate of drug-likeness (QED) is 0.814. The van der Waals surface area contributed by atoms with E-state index in [4.69, 9.17) is 14.7 Å². The van der Waals surface area contributed by atoms with Gasteiger partial charge in [0.2, 0.25) is 5.91 Å². The van der Waals surface area contributed by atoms with Gasteiger partial charge in [0.1, 0.15) is 13.2 Å². The van der Waals surface area contributed by atoms with E-state index in [0.717, 1.165) is 5.69 Å². The van der Waals surface area contributed by atoms with Gasteiger partial charge in [-0.2, -0.15) is 5.26 Å². The van der Waals surface area contributed by atoms with E-state index in [1.807, 2.05) is 6.07 Å². The summed E-state index contributed by atoms with van der Waals surface area (Å²) in [6.45, 7) is 1.06. The molecule has 0 atom stereocenters. The zero-order valence-electron chi connectivity index (χ0n) is 10.2. The first-order valence-electron chi connectivity index (χ1n) is 5.75. The van der Waals surface area contributed by atoms with Crippen LogP contribution in [0, 0.1) is 11.3 Å². The molecule has 0 fully saturated rings. The highest BCUT2D eigenvalue weighted by Gasteiger charge is 2.16. The van der Waals surface area contributed by atoms with Crippen LogP contribution in [0.1, 0.15) is 12.8 Å². The maximum Gasteiger partial charge on any atom is 0.227 e. The molecule has 0 aromatic heterocycles. The standard InChI is InChI=1S/C13H14N2O3/c1-15(13(16)3-2-6-14)10-4-5-11-12(9-10)18-8-7-17-11/h4-5,9H,2-3,7-8H2,1H3. The fraction of sp³-hybridized carbons (Fsp3) is 0.385. The van der Waals surface area contributed by atoms with Gasteiger partial charge in [0.15, 0.2) is 11.5 Å². The van der Waals surface area contributed by atoms with Gasteiger partial charge in [-0.05, 0) is 12.1 Å². The van der Waals surface area contributed by atoms with Crippen molar-refractivity contribution >= 4 is 11.6 Å². The normalized spacial score (nSPS) is 12.7. The molecule has 94 valence electrons. The second kappa shape index (κ2) is 5.41. The molecule has 5 heteroatoms. The molecule has 1 aromatic rings. The number of fused-ring (bicyclic) bond motifs is 1. The molecule has 2 rings (SSSR count). The summed E-state index contributed by atoms with van der Waals surface area (Å²) < 4.78 is 10.9. The van der Waals surface area contributed by atoms with Crippen LogP contribution >= 0.6 is 0 Å². The van der Waals surface area contributed by atoms with Gasteiger partial charge in [-0.1, -0.05) is 0 Å². The van der Waals surface area contributed by atoms with E-state index in [-0.39, 0.29) is 18.7 Å². The van der Waals surface area contributed by atoms with Crippen molar-refractivity contribution in [3.8, 4) is 17.6 Å². The molecule has 0 bridgehead atoms. The fourth-order valence-corrected chi connectivity index (χ4v) is 1.72. The average Bonchev–Trinajstić information content (AvgIpc) is 2.43. The van der Waals surface area contributed by atoms with Crippen LogP contribution < -0.4 is 14.4 Å². The summed E-state index contributed by atoms with van der Waals surface area (Å²) in [7, 11) is 1.69. The third kappa shape index (κ3) is 2.54. The van der Waals surface area contributed by atoms with Gasteiger partial charge in [-0.15, -0.1) is 0 Å². The number of carbonyl (C=O) groups is 1. The van der Waals surface area contributed by atoms with Crippen LogP contribution in [0.5, 0.6) is 11.5 Å². The minimum atomic E-state index is -0.0896. The van der Waals surface area contributed by atoms with Crippen molar-refractivity contribution in [3.05, 3.63) is 18.2 Å². The van der Waals surface area contributed by atoms with Crippen LogP contribution in [0.4, 0.5) is 5.69 Å². The maximum absolute atomic E-state index is 11.8. The number of carbonyl (C=O) groups excluding carboxylic acids is 1. The molecular weight excluding hydrogens is 232 g/mol. The third-order valence-corrected chi connectivity index (χ3v) is 2.74. The number of amides is 1. The Morgan fingerprint density at radius 2 is 2.11 bits per heavy atom. The smallest absolute Gasteiger partial charge is 0.227 e. The highest BCUT2D eigenvalue weighted by molar-refractivity contribution is 5.93. The average molecular weight is 246 g/mol. The Morgan fingerprint density at radius 1 is 1.39 bits per heavy atom. The van der Waals surface area contributed by atoms with Crippen LogP contribution in [0.25, 0.3) is 0 Å². The summed E-state index contributed by atoms with van der Waals surface area (Å²) in [5, 5.41) is 8.47. The van der Waals surface area contributed by atoms with Crippen LogP contribution in [0.3, 0.4) is 0 Å².